The number of benzene rings is 1. The van der Waals surface area contributed by atoms with Crippen molar-refractivity contribution < 1.29 is 22.7 Å². The molecule has 0 atom stereocenters. The van der Waals surface area contributed by atoms with Gasteiger partial charge in [0, 0.05) is 0 Å². The average Bonchev–Trinajstić information content (AvgIpc) is 2.25. The fourth-order valence-electron chi connectivity index (χ4n) is 1.41. The predicted molar refractivity (Wildman–Crippen MR) is 52.2 cm³/mol. The van der Waals surface area contributed by atoms with Gasteiger partial charge in [0.15, 0.2) is 0 Å². The molecule has 0 amide bonds. The Labute approximate surface area is 91.0 Å². The summed E-state index contributed by atoms with van der Waals surface area (Å²) in [6.45, 7) is 1.60. The first-order valence-corrected chi connectivity index (χ1v) is 4.68. The maximum atomic E-state index is 12.5. The number of hydrogen-bond donors (Lipinski definition) is 0. The Balaban J connectivity index is 3.22. The number of halogens is 3. The minimum Gasteiger partial charge on any atom is -0.465 e. The number of esters is 1. The van der Waals surface area contributed by atoms with Gasteiger partial charge in [-0.3, -0.25) is 0 Å². The highest BCUT2D eigenvalue weighted by atomic mass is 19.4. The number of methoxy groups -OCH3 is 1. The summed E-state index contributed by atoms with van der Waals surface area (Å²) >= 11 is 0. The smallest absolute Gasteiger partial charge is 0.416 e. The maximum Gasteiger partial charge on any atom is 0.416 e. The van der Waals surface area contributed by atoms with Crippen molar-refractivity contribution in [2.24, 2.45) is 0 Å². The summed E-state index contributed by atoms with van der Waals surface area (Å²) in [5, 5.41) is 0. The maximum absolute atomic E-state index is 12.5. The lowest BCUT2D eigenvalue weighted by Crippen LogP contribution is -2.11. The Bertz CT molecular complexity index is 397. The molecule has 1 aromatic rings. The number of alkyl halides is 3. The van der Waals surface area contributed by atoms with Crippen LogP contribution in [-0.2, 0) is 17.3 Å². The van der Waals surface area contributed by atoms with Crippen LogP contribution in [0.4, 0.5) is 13.2 Å². The minimum absolute atomic E-state index is 0.0930. The van der Waals surface area contributed by atoms with E-state index in [-0.39, 0.29) is 17.5 Å². The molecule has 0 N–H and O–H groups in total. The summed E-state index contributed by atoms with van der Waals surface area (Å²) in [6, 6.07) is 3.24. The van der Waals surface area contributed by atoms with Gasteiger partial charge in [0.05, 0.1) is 18.2 Å². The molecule has 1 rings (SSSR count). The van der Waals surface area contributed by atoms with Crippen LogP contribution in [0.5, 0.6) is 0 Å². The summed E-state index contributed by atoms with van der Waals surface area (Å²) in [4.78, 5) is 11.1. The molecule has 0 saturated carbocycles. The summed E-state index contributed by atoms with van der Waals surface area (Å²) < 4.78 is 42.0. The molecule has 0 aromatic heterocycles. The molecule has 0 aliphatic rings. The van der Waals surface area contributed by atoms with Crippen molar-refractivity contribution in [1.82, 2.24) is 0 Å². The molecule has 16 heavy (non-hydrogen) atoms. The monoisotopic (exact) mass is 232 g/mol. The molecule has 0 aliphatic carbocycles. The normalized spacial score (nSPS) is 11.3. The second-order valence-corrected chi connectivity index (χ2v) is 3.21. The zero-order chi connectivity index (χ0) is 12.3. The lowest BCUT2D eigenvalue weighted by molar-refractivity contribution is -0.138. The zero-order valence-corrected chi connectivity index (χ0v) is 8.89. The van der Waals surface area contributed by atoms with Gasteiger partial charge in [0.1, 0.15) is 0 Å². The first-order chi connectivity index (χ1) is 7.40. The number of carbonyl (C=O) groups is 1. The van der Waals surface area contributed by atoms with Crippen molar-refractivity contribution in [3.05, 3.63) is 34.9 Å². The highest BCUT2D eigenvalue weighted by molar-refractivity contribution is 5.89. The van der Waals surface area contributed by atoms with Gasteiger partial charge in [-0.15, -0.1) is 0 Å². The van der Waals surface area contributed by atoms with E-state index in [1.807, 2.05) is 0 Å². The molecule has 0 bridgehead atoms. The van der Waals surface area contributed by atoms with E-state index in [1.54, 1.807) is 6.92 Å². The minimum atomic E-state index is -4.39. The Kier molecular flexibility index (Phi) is 3.57. The Hall–Kier alpha value is -1.52. The van der Waals surface area contributed by atoms with Crippen LogP contribution < -0.4 is 0 Å². The average molecular weight is 232 g/mol. The SMILES string of the molecule is CCc1cc(C(=O)OC)ccc1C(F)(F)F. The first-order valence-electron chi connectivity index (χ1n) is 4.68. The zero-order valence-electron chi connectivity index (χ0n) is 8.89. The van der Waals surface area contributed by atoms with Gasteiger partial charge in [-0.2, -0.15) is 13.2 Å². The van der Waals surface area contributed by atoms with E-state index in [9.17, 15) is 18.0 Å². The van der Waals surface area contributed by atoms with E-state index >= 15 is 0 Å². The summed E-state index contributed by atoms with van der Waals surface area (Å²) in [7, 11) is 1.19. The summed E-state index contributed by atoms with van der Waals surface area (Å²) in [6.07, 6.45) is -4.18. The van der Waals surface area contributed by atoms with E-state index in [1.165, 1.54) is 13.2 Å². The van der Waals surface area contributed by atoms with Crippen LogP contribution in [0.15, 0.2) is 18.2 Å². The molecule has 0 unspecified atom stereocenters. The molecule has 1 aromatic carbocycles. The second kappa shape index (κ2) is 4.55. The van der Waals surface area contributed by atoms with Gasteiger partial charge in [0.25, 0.3) is 0 Å². The van der Waals surface area contributed by atoms with Crippen LogP contribution in [0.1, 0.15) is 28.4 Å². The molecule has 0 fully saturated rings. The van der Waals surface area contributed by atoms with Crippen LogP contribution in [-0.4, -0.2) is 13.1 Å². The summed E-state index contributed by atoms with van der Waals surface area (Å²) in [5.41, 5.74) is -0.481. The van der Waals surface area contributed by atoms with E-state index < -0.39 is 17.7 Å². The quantitative estimate of drug-likeness (QED) is 0.732. The van der Waals surface area contributed by atoms with E-state index in [4.69, 9.17) is 0 Å². The van der Waals surface area contributed by atoms with E-state index in [0.717, 1.165) is 12.1 Å². The fourth-order valence-corrected chi connectivity index (χ4v) is 1.41. The lowest BCUT2D eigenvalue weighted by Gasteiger charge is -2.12. The van der Waals surface area contributed by atoms with Crippen LogP contribution in [0.3, 0.4) is 0 Å². The first kappa shape index (κ1) is 12.5. The molecule has 0 heterocycles. The highest BCUT2D eigenvalue weighted by Crippen LogP contribution is 2.32. The van der Waals surface area contributed by atoms with Crippen molar-refractivity contribution in [3.63, 3.8) is 0 Å². The Morgan fingerprint density at radius 2 is 2.00 bits per heavy atom. The number of aryl methyl sites for hydroxylation is 1. The molecule has 0 radical (unpaired) electrons. The molecule has 5 heteroatoms. The third kappa shape index (κ3) is 2.53. The van der Waals surface area contributed by atoms with Gasteiger partial charge < -0.3 is 4.74 Å². The second-order valence-electron chi connectivity index (χ2n) is 3.21. The van der Waals surface area contributed by atoms with Crippen LogP contribution in [0.25, 0.3) is 0 Å². The summed E-state index contributed by atoms with van der Waals surface area (Å²) in [5.74, 6) is -0.636. The third-order valence-corrected chi connectivity index (χ3v) is 2.21. The van der Waals surface area contributed by atoms with Gasteiger partial charge in [-0.1, -0.05) is 6.92 Å². The molecule has 88 valence electrons. The van der Waals surface area contributed by atoms with Crippen molar-refractivity contribution in [2.45, 2.75) is 19.5 Å². The standard InChI is InChI=1S/C11H11F3O2/c1-3-7-6-8(10(15)16-2)4-5-9(7)11(12,13)14/h4-6H,3H2,1-2H3. The molecule has 0 saturated heterocycles. The highest BCUT2D eigenvalue weighted by Gasteiger charge is 2.33. The number of hydrogen-bond acceptors (Lipinski definition) is 2. The van der Waals surface area contributed by atoms with Crippen molar-refractivity contribution >= 4 is 5.97 Å². The van der Waals surface area contributed by atoms with E-state index in [2.05, 4.69) is 4.74 Å². The van der Waals surface area contributed by atoms with Crippen molar-refractivity contribution in [2.75, 3.05) is 7.11 Å². The molecular formula is C11H11F3O2. The van der Waals surface area contributed by atoms with Gasteiger partial charge in [-0.05, 0) is 30.2 Å². The Morgan fingerprint density at radius 1 is 1.38 bits per heavy atom. The number of ether oxygens (including phenoxy) is 1. The number of carbonyl (C=O) groups excluding carboxylic acids is 1. The third-order valence-electron chi connectivity index (χ3n) is 2.21. The predicted octanol–water partition coefficient (Wildman–Crippen LogP) is 3.05. The molecule has 0 spiro atoms. The van der Waals surface area contributed by atoms with Crippen molar-refractivity contribution in [1.29, 1.82) is 0 Å². The topological polar surface area (TPSA) is 26.3 Å². The number of rotatable bonds is 2. The van der Waals surface area contributed by atoms with Gasteiger partial charge in [0.2, 0.25) is 0 Å². The molecule has 2 nitrogen and oxygen atoms in total. The van der Waals surface area contributed by atoms with E-state index in [0.29, 0.717) is 0 Å². The molecular weight excluding hydrogens is 221 g/mol. The van der Waals surface area contributed by atoms with Crippen LogP contribution >= 0.6 is 0 Å². The van der Waals surface area contributed by atoms with Gasteiger partial charge in [-0.25, -0.2) is 4.79 Å². The van der Waals surface area contributed by atoms with Crippen LogP contribution in [0, 0.1) is 0 Å². The van der Waals surface area contributed by atoms with Crippen LogP contribution in [0.2, 0.25) is 0 Å². The lowest BCUT2D eigenvalue weighted by atomic mass is 10.0. The Morgan fingerprint density at radius 3 is 2.44 bits per heavy atom. The van der Waals surface area contributed by atoms with Crippen molar-refractivity contribution in [3.8, 4) is 0 Å². The fraction of sp³-hybridized carbons (Fsp3) is 0.364. The largest absolute Gasteiger partial charge is 0.465 e. The van der Waals surface area contributed by atoms with Gasteiger partial charge >= 0.3 is 12.1 Å². The molecule has 0 aliphatic heterocycles.